The molecular formula is C26H24N2O3. The highest BCUT2D eigenvalue weighted by atomic mass is 16.5. The number of hydrogen-bond donors (Lipinski definition) is 1. The molecule has 0 radical (unpaired) electrons. The number of anilines is 1. The van der Waals surface area contributed by atoms with Gasteiger partial charge in [-0.2, -0.15) is 0 Å². The summed E-state index contributed by atoms with van der Waals surface area (Å²) in [6.07, 6.45) is 0. The molecule has 0 aliphatic rings. The van der Waals surface area contributed by atoms with E-state index in [4.69, 9.17) is 14.5 Å². The summed E-state index contributed by atoms with van der Waals surface area (Å²) in [6, 6.07) is 23.2. The molecule has 0 aliphatic heterocycles. The normalized spacial score (nSPS) is 10.7. The fraction of sp³-hybridized carbons (Fsp3) is 0.154. The second-order valence-electron chi connectivity index (χ2n) is 7.35. The number of amides is 1. The molecule has 1 N–H and O–H groups in total. The summed E-state index contributed by atoms with van der Waals surface area (Å²) in [6.45, 7) is 3.85. The van der Waals surface area contributed by atoms with Crippen molar-refractivity contribution >= 4 is 22.5 Å². The maximum atomic E-state index is 12.6. The summed E-state index contributed by atoms with van der Waals surface area (Å²) in [4.78, 5) is 17.3. The number of ether oxygens (including phenoxy) is 2. The number of benzene rings is 3. The summed E-state index contributed by atoms with van der Waals surface area (Å²) >= 11 is 0. The minimum Gasteiger partial charge on any atom is -0.497 e. The van der Waals surface area contributed by atoms with E-state index in [1.807, 2.05) is 86.6 Å². The van der Waals surface area contributed by atoms with E-state index in [0.29, 0.717) is 5.75 Å². The first-order valence-corrected chi connectivity index (χ1v) is 10.1. The number of carbonyl (C=O) groups is 1. The first-order chi connectivity index (χ1) is 15.0. The molecule has 0 unspecified atom stereocenters. The molecule has 4 aromatic rings. The van der Waals surface area contributed by atoms with Crippen LogP contribution in [0.4, 0.5) is 5.69 Å². The van der Waals surface area contributed by atoms with Gasteiger partial charge in [-0.25, -0.2) is 4.98 Å². The smallest absolute Gasteiger partial charge is 0.262 e. The molecule has 0 fully saturated rings. The highest BCUT2D eigenvalue weighted by Gasteiger charge is 2.12. The number of carbonyl (C=O) groups excluding carboxylic acids is 1. The number of methoxy groups -OCH3 is 1. The molecule has 1 aromatic heterocycles. The van der Waals surface area contributed by atoms with Gasteiger partial charge in [-0.15, -0.1) is 0 Å². The van der Waals surface area contributed by atoms with Gasteiger partial charge in [0.25, 0.3) is 5.91 Å². The van der Waals surface area contributed by atoms with Crippen LogP contribution in [0.3, 0.4) is 0 Å². The average molecular weight is 412 g/mol. The van der Waals surface area contributed by atoms with Crippen molar-refractivity contribution in [3.8, 4) is 22.8 Å². The lowest BCUT2D eigenvalue weighted by Gasteiger charge is -2.14. The molecule has 0 spiro atoms. The van der Waals surface area contributed by atoms with Crippen LogP contribution in [0.1, 0.15) is 11.1 Å². The Bertz CT molecular complexity index is 1210. The third-order valence-corrected chi connectivity index (χ3v) is 5.17. The van der Waals surface area contributed by atoms with Crippen LogP contribution >= 0.6 is 0 Å². The lowest BCUT2D eigenvalue weighted by atomic mass is 10.1. The van der Waals surface area contributed by atoms with Gasteiger partial charge in [-0.05, 0) is 61.4 Å². The van der Waals surface area contributed by atoms with Gasteiger partial charge in [0.2, 0.25) is 0 Å². The van der Waals surface area contributed by atoms with Crippen LogP contribution in [-0.4, -0.2) is 24.6 Å². The van der Waals surface area contributed by atoms with Crippen LogP contribution in [0.2, 0.25) is 0 Å². The SMILES string of the molecule is COc1ccc(-c2cc(OCC(=O)Nc3c(C)cccc3C)c3ccccc3n2)cc1. The zero-order chi connectivity index (χ0) is 21.8. The highest BCUT2D eigenvalue weighted by Crippen LogP contribution is 2.31. The van der Waals surface area contributed by atoms with E-state index in [-0.39, 0.29) is 12.5 Å². The lowest BCUT2D eigenvalue weighted by molar-refractivity contribution is -0.118. The van der Waals surface area contributed by atoms with Gasteiger partial charge in [0.15, 0.2) is 6.61 Å². The monoisotopic (exact) mass is 412 g/mol. The Morgan fingerprint density at radius 3 is 2.35 bits per heavy atom. The number of rotatable bonds is 6. The second kappa shape index (κ2) is 8.88. The Morgan fingerprint density at radius 1 is 0.935 bits per heavy atom. The van der Waals surface area contributed by atoms with E-state index < -0.39 is 0 Å². The number of para-hydroxylation sites is 2. The summed E-state index contributed by atoms with van der Waals surface area (Å²) < 4.78 is 11.2. The predicted molar refractivity (Wildman–Crippen MR) is 124 cm³/mol. The quantitative estimate of drug-likeness (QED) is 0.451. The number of nitrogens with zero attached hydrogens (tertiary/aromatic N) is 1. The van der Waals surface area contributed by atoms with E-state index in [2.05, 4.69) is 5.32 Å². The number of aromatic nitrogens is 1. The van der Waals surface area contributed by atoms with E-state index >= 15 is 0 Å². The van der Waals surface area contributed by atoms with Crippen molar-refractivity contribution in [1.82, 2.24) is 4.98 Å². The van der Waals surface area contributed by atoms with Gasteiger partial charge in [0, 0.05) is 22.7 Å². The topological polar surface area (TPSA) is 60.5 Å². The number of nitrogens with one attached hydrogen (secondary N) is 1. The van der Waals surface area contributed by atoms with Gasteiger partial charge < -0.3 is 14.8 Å². The van der Waals surface area contributed by atoms with Crippen molar-refractivity contribution in [2.45, 2.75) is 13.8 Å². The van der Waals surface area contributed by atoms with Crippen LogP contribution in [0.15, 0.2) is 72.8 Å². The molecule has 1 heterocycles. The minimum atomic E-state index is -0.204. The molecule has 3 aromatic carbocycles. The van der Waals surface area contributed by atoms with Gasteiger partial charge in [-0.3, -0.25) is 4.79 Å². The molecule has 156 valence electrons. The first-order valence-electron chi connectivity index (χ1n) is 10.1. The molecule has 4 rings (SSSR count). The summed E-state index contributed by atoms with van der Waals surface area (Å²) in [5.74, 6) is 1.20. The Labute approximate surface area is 181 Å². The summed E-state index contributed by atoms with van der Waals surface area (Å²) in [5, 5.41) is 3.82. The Morgan fingerprint density at radius 2 is 1.65 bits per heavy atom. The molecule has 5 nitrogen and oxygen atoms in total. The van der Waals surface area contributed by atoms with Crippen molar-refractivity contribution in [1.29, 1.82) is 0 Å². The summed E-state index contributed by atoms with van der Waals surface area (Å²) in [5.41, 5.74) is 5.38. The molecule has 1 amide bonds. The van der Waals surface area contributed by atoms with Gasteiger partial charge in [-0.1, -0.05) is 30.3 Å². The third-order valence-electron chi connectivity index (χ3n) is 5.17. The van der Waals surface area contributed by atoms with E-state index in [0.717, 1.165) is 44.7 Å². The largest absolute Gasteiger partial charge is 0.497 e. The Balaban J connectivity index is 1.59. The minimum absolute atomic E-state index is 0.0934. The van der Waals surface area contributed by atoms with E-state index in [1.54, 1.807) is 7.11 Å². The maximum Gasteiger partial charge on any atom is 0.262 e. The van der Waals surface area contributed by atoms with Crippen molar-refractivity contribution in [3.05, 3.63) is 83.9 Å². The molecule has 0 aliphatic carbocycles. The number of aryl methyl sites for hydroxylation is 2. The molecule has 0 bridgehead atoms. The van der Waals surface area contributed by atoms with Crippen LogP contribution in [0.25, 0.3) is 22.2 Å². The Hall–Kier alpha value is -3.86. The zero-order valence-corrected chi connectivity index (χ0v) is 17.8. The predicted octanol–water partition coefficient (Wildman–Crippen LogP) is 5.54. The number of pyridine rings is 1. The van der Waals surface area contributed by atoms with Crippen LogP contribution in [0.5, 0.6) is 11.5 Å². The lowest BCUT2D eigenvalue weighted by Crippen LogP contribution is -2.21. The van der Waals surface area contributed by atoms with Crippen molar-refractivity contribution in [3.63, 3.8) is 0 Å². The first kappa shape index (κ1) is 20.4. The van der Waals surface area contributed by atoms with Gasteiger partial charge in [0.05, 0.1) is 18.3 Å². The number of fused-ring (bicyclic) bond motifs is 1. The molecule has 31 heavy (non-hydrogen) atoms. The van der Waals surface area contributed by atoms with Crippen LogP contribution < -0.4 is 14.8 Å². The average Bonchev–Trinajstić information content (AvgIpc) is 2.80. The standard InChI is InChI=1S/C26H24N2O3/c1-17-7-6-8-18(2)26(17)28-25(29)16-31-24-15-23(19-11-13-20(30-3)14-12-19)27-22-10-5-4-9-21(22)24/h4-15H,16H2,1-3H3,(H,28,29). The van der Waals surface area contributed by atoms with Gasteiger partial charge in [0.1, 0.15) is 11.5 Å². The van der Waals surface area contributed by atoms with E-state index in [9.17, 15) is 4.79 Å². The molecule has 0 saturated carbocycles. The van der Waals surface area contributed by atoms with Gasteiger partial charge >= 0.3 is 0 Å². The fourth-order valence-corrected chi connectivity index (χ4v) is 3.50. The van der Waals surface area contributed by atoms with E-state index in [1.165, 1.54) is 0 Å². The highest BCUT2D eigenvalue weighted by molar-refractivity contribution is 5.94. The molecular weight excluding hydrogens is 388 g/mol. The third kappa shape index (κ3) is 4.51. The van der Waals surface area contributed by atoms with Crippen molar-refractivity contribution < 1.29 is 14.3 Å². The fourth-order valence-electron chi connectivity index (χ4n) is 3.50. The van der Waals surface area contributed by atoms with Crippen molar-refractivity contribution in [2.24, 2.45) is 0 Å². The van der Waals surface area contributed by atoms with Crippen LogP contribution in [0, 0.1) is 13.8 Å². The molecule has 0 atom stereocenters. The Kier molecular flexibility index (Phi) is 5.85. The number of hydrogen-bond acceptors (Lipinski definition) is 4. The van der Waals surface area contributed by atoms with Crippen LogP contribution in [-0.2, 0) is 4.79 Å². The summed E-state index contributed by atoms with van der Waals surface area (Å²) in [7, 11) is 1.64. The van der Waals surface area contributed by atoms with Crippen molar-refractivity contribution in [2.75, 3.05) is 19.0 Å². The maximum absolute atomic E-state index is 12.6. The molecule has 5 heteroatoms. The molecule has 0 saturated heterocycles. The second-order valence-corrected chi connectivity index (χ2v) is 7.35. The zero-order valence-electron chi connectivity index (χ0n) is 17.8.